The van der Waals surface area contributed by atoms with Crippen molar-refractivity contribution in [3.8, 4) is 0 Å². The summed E-state index contributed by atoms with van der Waals surface area (Å²) in [7, 11) is 0. The third kappa shape index (κ3) is 1.83. The monoisotopic (exact) mass is 386 g/mol. The van der Waals surface area contributed by atoms with Crippen molar-refractivity contribution in [1.29, 1.82) is 0 Å². The summed E-state index contributed by atoms with van der Waals surface area (Å²) in [5.74, 6) is -0.0797. The van der Waals surface area contributed by atoms with Crippen molar-refractivity contribution in [2.75, 3.05) is 0 Å². The minimum atomic E-state index is -0.437. The average Bonchev–Trinajstić information content (AvgIpc) is 3.36. The van der Waals surface area contributed by atoms with E-state index in [1.807, 2.05) is 0 Å². The second kappa shape index (κ2) is 4.79. The highest BCUT2D eigenvalue weighted by Gasteiger charge is 2.67. The van der Waals surface area contributed by atoms with Gasteiger partial charge in [0.2, 0.25) is 0 Å². The first-order chi connectivity index (χ1) is 11.6. The van der Waals surface area contributed by atoms with E-state index in [4.69, 9.17) is 0 Å². The molecule has 1 aromatic carbocycles. The maximum Gasteiger partial charge on any atom is 0.270 e. The molecule has 1 aromatic rings. The van der Waals surface area contributed by atoms with Crippen molar-refractivity contribution in [2.45, 2.75) is 6.42 Å². The van der Waals surface area contributed by atoms with Gasteiger partial charge in [-0.2, -0.15) is 5.01 Å². The Morgan fingerprint density at radius 3 is 2.08 bits per heavy atom. The molecule has 3 amide bonds. The summed E-state index contributed by atoms with van der Waals surface area (Å²) in [6.07, 6.45) is 5.36. The van der Waals surface area contributed by atoms with Crippen LogP contribution in [-0.2, 0) is 9.59 Å². The van der Waals surface area contributed by atoms with Gasteiger partial charge in [-0.3, -0.25) is 19.8 Å². The van der Waals surface area contributed by atoms with Crippen molar-refractivity contribution in [3.05, 3.63) is 46.5 Å². The normalized spacial score (nSPS) is 38.1. The Morgan fingerprint density at radius 2 is 1.54 bits per heavy atom. The fourth-order valence-corrected chi connectivity index (χ4v) is 5.10. The molecule has 1 N–H and O–H groups in total. The van der Waals surface area contributed by atoms with Gasteiger partial charge >= 0.3 is 0 Å². The number of nitrogens with one attached hydrogen (secondary N) is 1. The van der Waals surface area contributed by atoms with Crippen LogP contribution < -0.4 is 5.43 Å². The highest BCUT2D eigenvalue weighted by atomic mass is 79.9. The molecule has 1 saturated heterocycles. The number of benzene rings is 1. The Labute approximate surface area is 147 Å². The van der Waals surface area contributed by atoms with Crippen LogP contribution in [0.25, 0.3) is 0 Å². The van der Waals surface area contributed by atoms with Crippen LogP contribution in [0.4, 0.5) is 0 Å². The Morgan fingerprint density at radius 1 is 1.00 bits per heavy atom. The van der Waals surface area contributed by atoms with Crippen LogP contribution in [-0.4, -0.2) is 22.7 Å². The molecule has 2 saturated carbocycles. The van der Waals surface area contributed by atoms with E-state index >= 15 is 0 Å². The van der Waals surface area contributed by atoms with Crippen LogP contribution in [0, 0.1) is 35.5 Å². The summed E-state index contributed by atoms with van der Waals surface area (Å²) in [6, 6.07) is 6.80. The van der Waals surface area contributed by atoms with Crippen LogP contribution in [0.5, 0.6) is 0 Å². The zero-order chi connectivity index (χ0) is 16.6. The Balaban J connectivity index is 1.40. The molecule has 1 heterocycles. The molecule has 0 unspecified atom stereocenters. The second-order valence-corrected chi connectivity index (χ2v) is 8.03. The highest BCUT2D eigenvalue weighted by Crippen LogP contribution is 2.65. The predicted octanol–water partition coefficient (Wildman–Crippen LogP) is 2.15. The number of hydrogen-bond donors (Lipinski definition) is 1. The molecule has 6 heteroatoms. The summed E-state index contributed by atoms with van der Waals surface area (Å²) in [5.41, 5.74) is 2.94. The van der Waals surface area contributed by atoms with Gasteiger partial charge in [-0.05, 0) is 54.4 Å². The van der Waals surface area contributed by atoms with Gasteiger partial charge in [-0.25, -0.2) is 0 Å². The van der Waals surface area contributed by atoms with Crippen LogP contribution in [0.15, 0.2) is 40.9 Å². The zero-order valence-electron chi connectivity index (χ0n) is 12.7. The van der Waals surface area contributed by atoms with Crippen LogP contribution in [0.1, 0.15) is 16.8 Å². The van der Waals surface area contributed by atoms with E-state index in [0.717, 1.165) is 15.9 Å². The Hall–Kier alpha value is -1.95. The molecular formula is C18H15BrN2O3. The topological polar surface area (TPSA) is 66.5 Å². The quantitative estimate of drug-likeness (QED) is 0.625. The molecule has 4 aliphatic carbocycles. The summed E-state index contributed by atoms with van der Waals surface area (Å²) in [5, 5.41) is 0.970. The van der Waals surface area contributed by atoms with Gasteiger partial charge in [-0.1, -0.05) is 28.1 Å². The molecule has 5 aliphatic rings. The molecule has 0 aromatic heterocycles. The van der Waals surface area contributed by atoms with E-state index in [1.165, 1.54) is 0 Å². The first-order valence-corrected chi connectivity index (χ1v) is 8.98. The standard InChI is InChI=1S/C18H15BrN2O3/c19-9-3-1-8(2-4-9)16(22)20-21-17(23)14-10-5-6-11(13-7-12(10)13)15(14)18(21)24/h1-6,10-15H,7H2,(H,20,22)/t10-,11+,12+,13-,14-,15-/m0/s1. The molecule has 122 valence electrons. The van der Waals surface area contributed by atoms with Gasteiger partial charge in [0.1, 0.15) is 0 Å². The number of carbonyl (C=O) groups excluding carboxylic acids is 3. The molecule has 3 fully saturated rings. The first kappa shape index (κ1) is 14.4. The van der Waals surface area contributed by atoms with Crippen molar-refractivity contribution in [3.63, 3.8) is 0 Å². The number of halogens is 1. The van der Waals surface area contributed by atoms with Gasteiger partial charge in [0.05, 0.1) is 11.8 Å². The fourth-order valence-electron chi connectivity index (χ4n) is 4.83. The van der Waals surface area contributed by atoms with Gasteiger partial charge in [0.25, 0.3) is 17.7 Å². The first-order valence-electron chi connectivity index (χ1n) is 8.19. The van der Waals surface area contributed by atoms with E-state index < -0.39 is 5.91 Å². The number of rotatable bonds is 2. The third-order valence-electron chi connectivity index (χ3n) is 5.98. The van der Waals surface area contributed by atoms with Crippen LogP contribution in [0.3, 0.4) is 0 Å². The summed E-state index contributed by atoms with van der Waals surface area (Å²) in [6.45, 7) is 0. The molecule has 24 heavy (non-hydrogen) atoms. The average molecular weight is 387 g/mol. The van der Waals surface area contributed by atoms with Gasteiger partial charge in [-0.15, -0.1) is 0 Å². The van der Waals surface area contributed by atoms with Crippen molar-refractivity contribution >= 4 is 33.7 Å². The van der Waals surface area contributed by atoms with E-state index in [1.54, 1.807) is 24.3 Å². The Bertz CT molecular complexity index is 767. The van der Waals surface area contributed by atoms with Crippen LogP contribution in [0.2, 0.25) is 0 Å². The van der Waals surface area contributed by atoms with Crippen molar-refractivity contribution < 1.29 is 14.4 Å². The molecule has 2 bridgehead atoms. The van der Waals surface area contributed by atoms with Crippen molar-refractivity contribution in [2.24, 2.45) is 35.5 Å². The lowest BCUT2D eigenvalue weighted by molar-refractivity contribution is -0.143. The smallest absolute Gasteiger partial charge is 0.270 e. The summed E-state index contributed by atoms with van der Waals surface area (Å²) >= 11 is 3.32. The van der Waals surface area contributed by atoms with Crippen LogP contribution >= 0.6 is 15.9 Å². The van der Waals surface area contributed by atoms with E-state index in [9.17, 15) is 14.4 Å². The number of hydrogen-bond acceptors (Lipinski definition) is 3. The fraction of sp³-hybridized carbons (Fsp3) is 0.389. The molecule has 0 radical (unpaired) electrons. The van der Waals surface area contributed by atoms with Gasteiger partial charge in [0.15, 0.2) is 0 Å². The SMILES string of the molecule is O=C(NN1C(=O)[C@H]2[C@@H]3C=C[C@@H]([C@H]4C[C@@H]34)[C@@H]2C1=O)c1ccc(Br)cc1. The van der Waals surface area contributed by atoms with E-state index in [0.29, 0.717) is 17.4 Å². The molecule has 6 atom stereocenters. The van der Waals surface area contributed by atoms with Gasteiger partial charge in [0, 0.05) is 10.0 Å². The maximum atomic E-state index is 12.8. The minimum absolute atomic E-state index is 0.163. The molecular weight excluding hydrogens is 372 g/mol. The zero-order valence-corrected chi connectivity index (χ0v) is 14.3. The number of amides is 3. The van der Waals surface area contributed by atoms with E-state index in [2.05, 4.69) is 33.5 Å². The molecule has 6 rings (SSSR count). The number of imide groups is 1. The summed E-state index contributed by atoms with van der Waals surface area (Å²) < 4.78 is 0.861. The molecule has 0 spiro atoms. The van der Waals surface area contributed by atoms with Crippen molar-refractivity contribution in [1.82, 2.24) is 10.4 Å². The second-order valence-electron chi connectivity index (χ2n) is 7.11. The summed E-state index contributed by atoms with van der Waals surface area (Å²) in [4.78, 5) is 37.9. The van der Waals surface area contributed by atoms with E-state index in [-0.39, 0.29) is 35.5 Å². The van der Waals surface area contributed by atoms with Gasteiger partial charge < -0.3 is 0 Å². The predicted molar refractivity (Wildman–Crippen MR) is 88.2 cm³/mol. The molecule has 1 aliphatic heterocycles. The molecule has 5 nitrogen and oxygen atoms in total. The maximum absolute atomic E-state index is 12.8. The lowest BCUT2D eigenvalue weighted by Gasteiger charge is -2.37. The lowest BCUT2D eigenvalue weighted by atomic mass is 9.63. The third-order valence-corrected chi connectivity index (χ3v) is 6.51. The largest absolute Gasteiger partial charge is 0.272 e. The highest BCUT2D eigenvalue weighted by molar-refractivity contribution is 9.10. The number of nitrogens with zero attached hydrogens (tertiary/aromatic N) is 1. The minimum Gasteiger partial charge on any atom is -0.272 e. The lowest BCUT2D eigenvalue weighted by Crippen LogP contribution is -2.46. The number of carbonyl (C=O) groups is 3. The Kier molecular flexibility index (Phi) is 2.87. The number of allylic oxidation sites excluding steroid dienone is 2. The number of hydrazine groups is 1.